The maximum absolute atomic E-state index is 11.9. The van der Waals surface area contributed by atoms with Crippen LogP contribution in [0.4, 0.5) is 5.69 Å². The number of carbonyl (C=O) groups is 1. The summed E-state index contributed by atoms with van der Waals surface area (Å²) in [6.07, 6.45) is 2.50. The van der Waals surface area contributed by atoms with Crippen LogP contribution in [0.3, 0.4) is 0 Å². The molecule has 0 radical (unpaired) electrons. The first-order valence-corrected chi connectivity index (χ1v) is 6.19. The third-order valence-corrected chi connectivity index (χ3v) is 2.92. The van der Waals surface area contributed by atoms with Crippen molar-refractivity contribution in [3.05, 3.63) is 29.8 Å². The molecule has 0 aliphatic heterocycles. The van der Waals surface area contributed by atoms with Crippen LogP contribution in [0, 0.1) is 0 Å². The van der Waals surface area contributed by atoms with Gasteiger partial charge in [0.25, 0.3) is 0 Å². The molecule has 0 atom stereocenters. The topological polar surface area (TPSA) is 32.3 Å². The zero-order chi connectivity index (χ0) is 12.7. The highest BCUT2D eigenvalue weighted by Gasteiger charge is 2.09. The summed E-state index contributed by atoms with van der Waals surface area (Å²) in [6, 6.07) is 8.17. The van der Waals surface area contributed by atoms with Gasteiger partial charge in [-0.2, -0.15) is 0 Å². The summed E-state index contributed by atoms with van der Waals surface area (Å²) in [4.78, 5) is 13.6. The van der Waals surface area contributed by atoms with Gasteiger partial charge in [-0.25, -0.2) is 0 Å². The van der Waals surface area contributed by atoms with Crippen molar-refractivity contribution in [1.82, 2.24) is 5.32 Å². The van der Waals surface area contributed by atoms with Crippen molar-refractivity contribution in [3.8, 4) is 0 Å². The molecule has 0 heterocycles. The van der Waals surface area contributed by atoms with Crippen molar-refractivity contribution >= 4 is 11.6 Å². The van der Waals surface area contributed by atoms with E-state index in [-0.39, 0.29) is 5.91 Å². The minimum absolute atomic E-state index is 0.171. The Morgan fingerprint density at radius 3 is 2.47 bits per heavy atom. The molecule has 1 aromatic rings. The summed E-state index contributed by atoms with van der Waals surface area (Å²) >= 11 is 0. The molecule has 0 aliphatic rings. The molecule has 3 heteroatoms. The van der Waals surface area contributed by atoms with E-state index in [1.54, 1.807) is 4.90 Å². The fourth-order valence-corrected chi connectivity index (χ4v) is 1.68. The molecule has 0 bridgehead atoms. The number of benzene rings is 1. The molecule has 0 spiro atoms. The minimum atomic E-state index is 0.171. The van der Waals surface area contributed by atoms with E-state index in [9.17, 15) is 4.79 Å². The van der Waals surface area contributed by atoms with Gasteiger partial charge in [0.15, 0.2) is 0 Å². The number of nitrogens with one attached hydrogen (secondary N) is 1. The van der Waals surface area contributed by atoms with Crippen LogP contribution in [-0.2, 0) is 11.2 Å². The van der Waals surface area contributed by atoms with Gasteiger partial charge in [0.1, 0.15) is 0 Å². The highest BCUT2D eigenvalue weighted by molar-refractivity contribution is 5.92. The van der Waals surface area contributed by atoms with Gasteiger partial charge in [-0.3, -0.25) is 4.79 Å². The quantitative estimate of drug-likeness (QED) is 0.765. The lowest BCUT2D eigenvalue weighted by atomic mass is 10.1. The SMILES string of the molecule is CCc1ccc(N(C)C(=O)CCCNC)cc1. The van der Waals surface area contributed by atoms with Crippen LogP contribution in [0.25, 0.3) is 0 Å². The summed E-state index contributed by atoms with van der Waals surface area (Å²) < 4.78 is 0. The van der Waals surface area contributed by atoms with Gasteiger partial charge in [-0.05, 0) is 44.1 Å². The van der Waals surface area contributed by atoms with E-state index >= 15 is 0 Å². The Morgan fingerprint density at radius 1 is 1.29 bits per heavy atom. The van der Waals surface area contributed by atoms with E-state index in [2.05, 4.69) is 24.4 Å². The molecule has 1 rings (SSSR count). The molecule has 94 valence electrons. The van der Waals surface area contributed by atoms with E-state index < -0.39 is 0 Å². The third kappa shape index (κ3) is 4.19. The van der Waals surface area contributed by atoms with Crippen LogP contribution in [0.1, 0.15) is 25.3 Å². The number of hydrogen-bond donors (Lipinski definition) is 1. The van der Waals surface area contributed by atoms with Crippen molar-refractivity contribution in [2.45, 2.75) is 26.2 Å². The second-order valence-corrected chi connectivity index (χ2v) is 4.18. The van der Waals surface area contributed by atoms with Gasteiger partial charge in [-0.15, -0.1) is 0 Å². The van der Waals surface area contributed by atoms with Crippen LogP contribution in [0.5, 0.6) is 0 Å². The number of hydrogen-bond acceptors (Lipinski definition) is 2. The minimum Gasteiger partial charge on any atom is -0.320 e. The number of aryl methyl sites for hydroxylation is 1. The van der Waals surface area contributed by atoms with Crippen molar-refractivity contribution in [3.63, 3.8) is 0 Å². The van der Waals surface area contributed by atoms with E-state index in [4.69, 9.17) is 0 Å². The fourth-order valence-electron chi connectivity index (χ4n) is 1.68. The Morgan fingerprint density at radius 2 is 1.94 bits per heavy atom. The number of carbonyl (C=O) groups excluding carboxylic acids is 1. The Labute approximate surface area is 104 Å². The lowest BCUT2D eigenvalue weighted by molar-refractivity contribution is -0.118. The second kappa shape index (κ2) is 7.07. The van der Waals surface area contributed by atoms with Crippen LogP contribution < -0.4 is 10.2 Å². The molecule has 0 aliphatic carbocycles. The first-order chi connectivity index (χ1) is 8.19. The van der Waals surface area contributed by atoms with E-state index in [1.807, 2.05) is 26.2 Å². The average Bonchev–Trinajstić information content (AvgIpc) is 2.38. The standard InChI is InChI=1S/C14H22N2O/c1-4-12-7-9-13(10-8-12)16(3)14(17)6-5-11-15-2/h7-10,15H,4-6,11H2,1-3H3. The van der Waals surface area contributed by atoms with Crippen molar-refractivity contribution in [2.24, 2.45) is 0 Å². The van der Waals surface area contributed by atoms with Crippen molar-refractivity contribution in [2.75, 3.05) is 25.5 Å². The summed E-state index contributed by atoms with van der Waals surface area (Å²) in [7, 11) is 3.74. The molecule has 1 amide bonds. The normalized spacial score (nSPS) is 10.3. The lowest BCUT2D eigenvalue weighted by Crippen LogP contribution is -2.26. The summed E-state index contributed by atoms with van der Waals surface area (Å²) in [6.45, 7) is 3.01. The maximum atomic E-state index is 11.9. The molecular formula is C14H22N2O. The summed E-state index contributed by atoms with van der Waals surface area (Å²) in [5.74, 6) is 0.171. The molecule has 0 unspecified atom stereocenters. The number of nitrogens with zero attached hydrogens (tertiary/aromatic N) is 1. The van der Waals surface area contributed by atoms with Gasteiger partial charge in [-0.1, -0.05) is 19.1 Å². The summed E-state index contributed by atoms with van der Waals surface area (Å²) in [5, 5.41) is 3.05. The van der Waals surface area contributed by atoms with E-state index in [1.165, 1.54) is 5.56 Å². The van der Waals surface area contributed by atoms with Crippen molar-refractivity contribution in [1.29, 1.82) is 0 Å². The Balaban J connectivity index is 2.55. The van der Waals surface area contributed by atoms with E-state index in [0.29, 0.717) is 6.42 Å². The van der Waals surface area contributed by atoms with Crippen LogP contribution >= 0.6 is 0 Å². The first kappa shape index (κ1) is 13.7. The van der Waals surface area contributed by atoms with Gasteiger partial charge in [0.05, 0.1) is 0 Å². The first-order valence-electron chi connectivity index (χ1n) is 6.19. The predicted octanol–water partition coefficient (Wildman–Crippen LogP) is 2.21. The average molecular weight is 234 g/mol. The van der Waals surface area contributed by atoms with Gasteiger partial charge >= 0.3 is 0 Å². The molecule has 1 N–H and O–H groups in total. The number of anilines is 1. The molecule has 0 fully saturated rings. The molecule has 0 saturated carbocycles. The number of amides is 1. The third-order valence-electron chi connectivity index (χ3n) is 2.92. The van der Waals surface area contributed by atoms with Crippen molar-refractivity contribution < 1.29 is 4.79 Å². The zero-order valence-electron chi connectivity index (χ0n) is 11.0. The Kier molecular flexibility index (Phi) is 5.70. The molecule has 1 aromatic carbocycles. The monoisotopic (exact) mass is 234 g/mol. The van der Waals surface area contributed by atoms with E-state index in [0.717, 1.165) is 25.1 Å². The van der Waals surface area contributed by atoms with Gasteiger partial charge in [0.2, 0.25) is 5.91 Å². The number of rotatable bonds is 6. The molecule has 0 saturated heterocycles. The maximum Gasteiger partial charge on any atom is 0.226 e. The molecular weight excluding hydrogens is 212 g/mol. The second-order valence-electron chi connectivity index (χ2n) is 4.18. The highest BCUT2D eigenvalue weighted by Crippen LogP contribution is 2.15. The largest absolute Gasteiger partial charge is 0.320 e. The van der Waals surface area contributed by atoms with Gasteiger partial charge < -0.3 is 10.2 Å². The molecule has 17 heavy (non-hydrogen) atoms. The highest BCUT2D eigenvalue weighted by atomic mass is 16.2. The van der Waals surface area contributed by atoms with Crippen LogP contribution in [0.2, 0.25) is 0 Å². The Bertz CT molecular complexity index is 346. The lowest BCUT2D eigenvalue weighted by Gasteiger charge is -2.17. The van der Waals surface area contributed by atoms with Gasteiger partial charge in [0, 0.05) is 19.2 Å². The predicted molar refractivity (Wildman–Crippen MR) is 72.4 cm³/mol. The Hall–Kier alpha value is -1.35. The fraction of sp³-hybridized carbons (Fsp3) is 0.500. The zero-order valence-corrected chi connectivity index (χ0v) is 11.0. The summed E-state index contributed by atoms with van der Waals surface area (Å²) in [5.41, 5.74) is 2.27. The van der Waals surface area contributed by atoms with Crippen LogP contribution in [-0.4, -0.2) is 26.5 Å². The molecule has 0 aromatic heterocycles. The van der Waals surface area contributed by atoms with Crippen LogP contribution in [0.15, 0.2) is 24.3 Å². The smallest absolute Gasteiger partial charge is 0.226 e. The molecule has 3 nitrogen and oxygen atoms in total.